The summed E-state index contributed by atoms with van der Waals surface area (Å²) in [5.74, 6) is 0. The maximum absolute atomic E-state index is 9.01. The third kappa shape index (κ3) is 8.58. The Bertz CT molecular complexity index is 202. The molecule has 0 radical (unpaired) electrons. The number of hydrogen-bond donors (Lipinski definition) is 2. The molecule has 0 heterocycles. The van der Waals surface area contributed by atoms with Crippen molar-refractivity contribution in [3.63, 3.8) is 0 Å². The third-order valence-electron chi connectivity index (χ3n) is 3.12. The fourth-order valence-electron chi connectivity index (χ4n) is 1.95. The van der Waals surface area contributed by atoms with Gasteiger partial charge in [-0.25, -0.2) is 0 Å². The highest BCUT2D eigenvalue weighted by atomic mass is 16.5. The van der Waals surface area contributed by atoms with Gasteiger partial charge in [0.05, 0.1) is 6.10 Å². The smallest absolute Gasteiger partial charge is 0.0544 e. The van der Waals surface area contributed by atoms with Crippen LogP contribution < -0.4 is 5.32 Å². The van der Waals surface area contributed by atoms with Crippen molar-refractivity contribution < 1.29 is 9.84 Å². The van der Waals surface area contributed by atoms with E-state index in [2.05, 4.69) is 46.9 Å². The lowest BCUT2D eigenvalue weighted by molar-refractivity contribution is 0.0461. The van der Waals surface area contributed by atoms with E-state index >= 15 is 0 Å². The van der Waals surface area contributed by atoms with Crippen LogP contribution >= 0.6 is 0 Å². The van der Waals surface area contributed by atoms with E-state index in [9.17, 15) is 0 Å². The molecule has 104 valence electrons. The van der Waals surface area contributed by atoms with Crippen LogP contribution in [0.5, 0.6) is 0 Å². The van der Waals surface area contributed by atoms with Gasteiger partial charge in [-0.05, 0) is 53.9 Å². The molecule has 0 aliphatic rings. The molecule has 0 rings (SSSR count). The van der Waals surface area contributed by atoms with Crippen molar-refractivity contribution >= 4 is 0 Å². The van der Waals surface area contributed by atoms with Gasteiger partial charge in [-0.3, -0.25) is 0 Å². The maximum atomic E-state index is 9.01. The largest absolute Gasteiger partial charge is 0.396 e. The zero-order valence-corrected chi connectivity index (χ0v) is 12.5. The first kappa shape index (κ1) is 16.9. The van der Waals surface area contributed by atoms with Crippen LogP contribution in [-0.2, 0) is 4.74 Å². The quantitative estimate of drug-likeness (QED) is 0.656. The molecule has 3 nitrogen and oxygen atoms in total. The molecule has 0 saturated carbocycles. The van der Waals surface area contributed by atoms with Gasteiger partial charge < -0.3 is 15.2 Å². The van der Waals surface area contributed by atoms with Crippen LogP contribution in [0.3, 0.4) is 0 Å². The summed E-state index contributed by atoms with van der Waals surface area (Å²) in [4.78, 5) is 0. The summed E-state index contributed by atoms with van der Waals surface area (Å²) in [7, 11) is 0. The Balaban J connectivity index is 4.02. The van der Waals surface area contributed by atoms with E-state index in [1.165, 1.54) is 0 Å². The van der Waals surface area contributed by atoms with Crippen LogP contribution in [0, 0.1) is 0 Å². The highest BCUT2D eigenvalue weighted by molar-refractivity contribution is 4.88. The molecule has 0 fully saturated rings. The van der Waals surface area contributed by atoms with E-state index in [0.29, 0.717) is 6.10 Å². The molecule has 3 heteroatoms. The standard InChI is InChI=1S/C14H31NO2/c1-7-12(2)17-11-9-14(5,6)15-13(3,4)8-10-16/h12,15-16H,7-11H2,1-6H3. The maximum Gasteiger partial charge on any atom is 0.0544 e. The van der Waals surface area contributed by atoms with Crippen molar-refractivity contribution in [1.29, 1.82) is 0 Å². The Kier molecular flexibility index (Phi) is 7.29. The van der Waals surface area contributed by atoms with Gasteiger partial charge in [0.2, 0.25) is 0 Å². The summed E-state index contributed by atoms with van der Waals surface area (Å²) >= 11 is 0. The van der Waals surface area contributed by atoms with Crippen molar-refractivity contribution in [3.05, 3.63) is 0 Å². The first-order valence-electron chi connectivity index (χ1n) is 6.74. The molecule has 0 saturated heterocycles. The predicted molar refractivity (Wildman–Crippen MR) is 73.3 cm³/mol. The first-order valence-corrected chi connectivity index (χ1v) is 6.74. The number of rotatable bonds is 9. The molecule has 0 aliphatic carbocycles. The Hall–Kier alpha value is -0.120. The first-order chi connectivity index (χ1) is 7.72. The topological polar surface area (TPSA) is 41.5 Å². The second-order valence-electron chi connectivity index (χ2n) is 6.21. The molecule has 17 heavy (non-hydrogen) atoms. The van der Waals surface area contributed by atoms with Gasteiger partial charge in [0.1, 0.15) is 0 Å². The Morgan fingerprint density at radius 3 is 2.12 bits per heavy atom. The number of aliphatic hydroxyl groups excluding tert-OH is 1. The molecule has 0 aromatic rings. The van der Waals surface area contributed by atoms with Crippen molar-refractivity contribution in [2.24, 2.45) is 0 Å². The molecule has 0 aromatic carbocycles. The summed E-state index contributed by atoms with van der Waals surface area (Å²) in [6.07, 6.45) is 3.15. The minimum absolute atomic E-state index is 0.0331. The molecule has 0 spiro atoms. The van der Waals surface area contributed by atoms with E-state index in [4.69, 9.17) is 9.84 Å². The highest BCUT2D eigenvalue weighted by Gasteiger charge is 2.26. The van der Waals surface area contributed by atoms with E-state index in [0.717, 1.165) is 25.9 Å². The van der Waals surface area contributed by atoms with Gasteiger partial charge in [0.25, 0.3) is 0 Å². The van der Waals surface area contributed by atoms with Crippen LogP contribution in [-0.4, -0.2) is 35.5 Å². The van der Waals surface area contributed by atoms with Crippen molar-refractivity contribution in [2.75, 3.05) is 13.2 Å². The van der Waals surface area contributed by atoms with Crippen molar-refractivity contribution in [1.82, 2.24) is 5.32 Å². The van der Waals surface area contributed by atoms with Gasteiger partial charge in [-0.15, -0.1) is 0 Å². The number of ether oxygens (including phenoxy) is 1. The van der Waals surface area contributed by atoms with Crippen LogP contribution in [0.15, 0.2) is 0 Å². The summed E-state index contributed by atoms with van der Waals surface area (Å²) in [5, 5.41) is 12.6. The molecule has 1 unspecified atom stereocenters. The molecule has 0 aromatic heterocycles. The molecular weight excluding hydrogens is 214 g/mol. The number of hydrogen-bond acceptors (Lipinski definition) is 3. The molecule has 2 N–H and O–H groups in total. The van der Waals surface area contributed by atoms with Gasteiger partial charge in [-0.1, -0.05) is 6.92 Å². The number of nitrogens with one attached hydrogen (secondary N) is 1. The van der Waals surface area contributed by atoms with Gasteiger partial charge >= 0.3 is 0 Å². The van der Waals surface area contributed by atoms with Gasteiger partial charge in [0.15, 0.2) is 0 Å². The average Bonchev–Trinajstić information content (AvgIpc) is 2.14. The Labute approximate surface area is 107 Å². The van der Waals surface area contributed by atoms with Gasteiger partial charge in [-0.2, -0.15) is 0 Å². The number of aliphatic hydroxyl groups is 1. The lowest BCUT2D eigenvalue weighted by Gasteiger charge is -2.37. The second kappa shape index (κ2) is 7.34. The van der Waals surface area contributed by atoms with E-state index in [1.807, 2.05) is 0 Å². The summed E-state index contributed by atoms with van der Waals surface area (Å²) in [6.45, 7) is 13.9. The zero-order valence-electron chi connectivity index (χ0n) is 12.5. The molecule has 0 aliphatic heterocycles. The van der Waals surface area contributed by atoms with Crippen LogP contribution in [0.4, 0.5) is 0 Å². The van der Waals surface area contributed by atoms with Crippen molar-refractivity contribution in [2.45, 2.75) is 78.0 Å². The Morgan fingerprint density at radius 2 is 1.65 bits per heavy atom. The summed E-state index contributed by atoms with van der Waals surface area (Å²) < 4.78 is 5.71. The fourth-order valence-corrected chi connectivity index (χ4v) is 1.95. The lowest BCUT2D eigenvalue weighted by Crippen LogP contribution is -2.52. The molecule has 1 atom stereocenters. The van der Waals surface area contributed by atoms with Gasteiger partial charge in [0, 0.05) is 24.3 Å². The van der Waals surface area contributed by atoms with E-state index in [-0.39, 0.29) is 17.7 Å². The summed E-state index contributed by atoms with van der Waals surface area (Å²) in [5.41, 5.74) is 0.000748. The Morgan fingerprint density at radius 1 is 1.12 bits per heavy atom. The minimum Gasteiger partial charge on any atom is -0.396 e. The summed E-state index contributed by atoms with van der Waals surface area (Å²) in [6, 6.07) is 0. The monoisotopic (exact) mass is 245 g/mol. The second-order valence-corrected chi connectivity index (χ2v) is 6.21. The average molecular weight is 245 g/mol. The van der Waals surface area contributed by atoms with Crippen LogP contribution in [0.25, 0.3) is 0 Å². The SMILES string of the molecule is CCC(C)OCCC(C)(C)NC(C)(C)CCO. The van der Waals surface area contributed by atoms with Crippen molar-refractivity contribution in [3.8, 4) is 0 Å². The van der Waals surface area contributed by atoms with E-state index in [1.54, 1.807) is 0 Å². The van der Waals surface area contributed by atoms with Crippen LogP contribution in [0.2, 0.25) is 0 Å². The lowest BCUT2D eigenvalue weighted by atomic mass is 9.92. The third-order valence-corrected chi connectivity index (χ3v) is 3.12. The zero-order chi connectivity index (χ0) is 13.5. The van der Waals surface area contributed by atoms with E-state index < -0.39 is 0 Å². The predicted octanol–water partition coefficient (Wildman–Crippen LogP) is 2.72. The normalized spacial score (nSPS) is 15.0. The fraction of sp³-hybridized carbons (Fsp3) is 1.00. The molecule has 0 bridgehead atoms. The molecule has 0 amide bonds. The molecular formula is C14H31NO2. The highest BCUT2D eigenvalue weighted by Crippen LogP contribution is 2.17. The van der Waals surface area contributed by atoms with Crippen LogP contribution in [0.1, 0.15) is 60.8 Å². The minimum atomic E-state index is -0.0331.